The van der Waals surface area contributed by atoms with E-state index in [-0.39, 0.29) is 9.92 Å². The van der Waals surface area contributed by atoms with Gasteiger partial charge in [-0.15, -0.1) is 11.6 Å². The quantitative estimate of drug-likeness (QED) is 0.441. The zero-order valence-electron chi connectivity index (χ0n) is 6.77. The van der Waals surface area contributed by atoms with Crippen LogP contribution in [0.1, 0.15) is 11.3 Å². The predicted molar refractivity (Wildman–Crippen MR) is 55.3 cm³/mol. The van der Waals surface area contributed by atoms with Crippen molar-refractivity contribution in [1.29, 1.82) is 0 Å². The average molecular weight is 218 g/mol. The third-order valence-corrected chi connectivity index (χ3v) is 2.57. The van der Waals surface area contributed by atoms with Gasteiger partial charge in [0.05, 0.1) is 4.92 Å². The largest absolute Gasteiger partial charge is 0.324 e. The highest BCUT2D eigenvalue weighted by Crippen LogP contribution is 2.24. The molecule has 0 aliphatic rings. The molecule has 0 fully saturated rings. The van der Waals surface area contributed by atoms with Gasteiger partial charge in [0.1, 0.15) is 0 Å². The Labute approximate surface area is 84.8 Å². The molecule has 1 heterocycles. The van der Waals surface area contributed by atoms with Gasteiger partial charge >= 0.3 is 5.00 Å². The molecule has 13 heavy (non-hydrogen) atoms. The van der Waals surface area contributed by atoms with Crippen molar-refractivity contribution in [3.8, 4) is 0 Å². The molecule has 1 aromatic heterocycles. The molecule has 1 rings (SSSR count). The summed E-state index contributed by atoms with van der Waals surface area (Å²) in [5.74, 6) is 0.573. The molecule has 5 heteroatoms. The summed E-state index contributed by atoms with van der Waals surface area (Å²) in [4.78, 5) is 10.8. The van der Waals surface area contributed by atoms with E-state index in [1.165, 1.54) is 6.07 Å². The highest BCUT2D eigenvalue weighted by Gasteiger charge is 2.06. The van der Waals surface area contributed by atoms with E-state index >= 15 is 0 Å². The summed E-state index contributed by atoms with van der Waals surface area (Å²) in [6, 6.07) is 3.23. The van der Waals surface area contributed by atoms with Gasteiger partial charge in [0, 0.05) is 16.8 Å². The van der Waals surface area contributed by atoms with Crippen molar-refractivity contribution in [2.45, 2.75) is 6.42 Å². The molecule has 0 spiro atoms. The Hall–Kier alpha value is -0.870. The van der Waals surface area contributed by atoms with E-state index in [2.05, 4.69) is 0 Å². The molecule has 0 N–H and O–H groups in total. The number of hydrogen-bond acceptors (Lipinski definition) is 3. The van der Waals surface area contributed by atoms with Gasteiger partial charge in [-0.25, -0.2) is 0 Å². The SMILES string of the molecule is O=[N+]([O-])c1ccc(C=CCCCl)s1. The summed E-state index contributed by atoms with van der Waals surface area (Å²) in [6.07, 6.45) is 4.54. The Bertz CT molecular complexity index is 322. The van der Waals surface area contributed by atoms with Crippen molar-refractivity contribution in [2.24, 2.45) is 0 Å². The third kappa shape index (κ3) is 3.16. The molecule has 0 bridgehead atoms. The van der Waals surface area contributed by atoms with E-state index in [1.807, 2.05) is 12.2 Å². The summed E-state index contributed by atoms with van der Waals surface area (Å²) in [5.41, 5.74) is 0. The fourth-order valence-electron chi connectivity index (χ4n) is 0.792. The first kappa shape index (κ1) is 10.2. The Morgan fingerprint density at radius 2 is 2.38 bits per heavy atom. The summed E-state index contributed by atoms with van der Waals surface area (Å²) >= 11 is 6.63. The maximum Gasteiger partial charge on any atom is 0.324 e. The van der Waals surface area contributed by atoms with Gasteiger partial charge in [0.2, 0.25) is 0 Å². The summed E-state index contributed by atoms with van der Waals surface area (Å²) in [6.45, 7) is 0. The maximum absolute atomic E-state index is 10.3. The lowest BCUT2D eigenvalue weighted by Crippen LogP contribution is -1.80. The fourth-order valence-corrected chi connectivity index (χ4v) is 1.67. The minimum absolute atomic E-state index is 0.172. The van der Waals surface area contributed by atoms with Gasteiger partial charge in [0.15, 0.2) is 0 Å². The van der Waals surface area contributed by atoms with E-state index in [0.29, 0.717) is 5.88 Å². The molecular formula is C8H8ClNO2S. The van der Waals surface area contributed by atoms with Crippen LogP contribution in [0.25, 0.3) is 6.08 Å². The van der Waals surface area contributed by atoms with E-state index < -0.39 is 0 Å². The zero-order chi connectivity index (χ0) is 9.68. The van der Waals surface area contributed by atoms with Crippen molar-refractivity contribution >= 4 is 34.0 Å². The Morgan fingerprint density at radius 3 is 2.92 bits per heavy atom. The number of hydrogen-bond donors (Lipinski definition) is 0. The van der Waals surface area contributed by atoms with Crippen LogP contribution in [0.15, 0.2) is 18.2 Å². The number of alkyl halides is 1. The molecule has 0 saturated heterocycles. The van der Waals surface area contributed by atoms with Crippen LogP contribution >= 0.6 is 22.9 Å². The lowest BCUT2D eigenvalue weighted by Gasteiger charge is -1.82. The van der Waals surface area contributed by atoms with Crippen LogP contribution < -0.4 is 0 Å². The van der Waals surface area contributed by atoms with Gasteiger partial charge in [0.25, 0.3) is 0 Å². The fraction of sp³-hybridized carbons (Fsp3) is 0.250. The van der Waals surface area contributed by atoms with E-state index in [1.54, 1.807) is 6.07 Å². The first-order valence-corrected chi connectivity index (χ1v) is 5.06. The van der Waals surface area contributed by atoms with Crippen LogP contribution in [0.5, 0.6) is 0 Å². The van der Waals surface area contributed by atoms with Crippen LogP contribution in [0, 0.1) is 10.1 Å². The minimum Gasteiger partial charge on any atom is -0.258 e. The highest BCUT2D eigenvalue weighted by molar-refractivity contribution is 7.16. The molecule has 3 nitrogen and oxygen atoms in total. The second-order valence-electron chi connectivity index (χ2n) is 2.31. The number of thiophene rings is 1. The minimum atomic E-state index is -0.385. The molecule has 0 atom stereocenters. The van der Waals surface area contributed by atoms with Gasteiger partial charge in [-0.2, -0.15) is 0 Å². The van der Waals surface area contributed by atoms with Gasteiger partial charge < -0.3 is 0 Å². The molecule has 0 radical (unpaired) electrons. The molecular weight excluding hydrogens is 210 g/mol. The molecule has 0 aliphatic heterocycles. The Balaban J connectivity index is 2.64. The zero-order valence-corrected chi connectivity index (χ0v) is 8.35. The van der Waals surface area contributed by atoms with Crippen LogP contribution in [0.4, 0.5) is 5.00 Å². The monoisotopic (exact) mass is 217 g/mol. The third-order valence-electron chi connectivity index (χ3n) is 1.35. The summed E-state index contributed by atoms with van der Waals surface area (Å²) < 4.78 is 0. The average Bonchev–Trinajstić information content (AvgIpc) is 2.53. The lowest BCUT2D eigenvalue weighted by atomic mass is 10.3. The molecule has 0 aromatic carbocycles. The molecule has 70 valence electrons. The van der Waals surface area contributed by atoms with E-state index in [9.17, 15) is 10.1 Å². The summed E-state index contributed by atoms with van der Waals surface area (Å²) in [5, 5.41) is 10.5. The van der Waals surface area contributed by atoms with Crippen LogP contribution in [0.3, 0.4) is 0 Å². The molecule has 0 amide bonds. The Kier molecular flexibility index (Phi) is 3.92. The second-order valence-corrected chi connectivity index (χ2v) is 3.78. The normalized spacial score (nSPS) is 10.8. The number of nitro groups is 1. The van der Waals surface area contributed by atoms with Gasteiger partial charge in [-0.3, -0.25) is 10.1 Å². The number of halogens is 1. The van der Waals surface area contributed by atoms with Crippen molar-refractivity contribution in [3.05, 3.63) is 33.2 Å². The van der Waals surface area contributed by atoms with Crippen molar-refractivity contribution in [2.75, 3.05) is 5.88 Å². The van der Waals surface area contributed by atoms with E-state index in [4.69, 9.17) is 11.6 Å². The van der Waals surface area contributed by atoms with Gasteiger partial charge in [-0.05, 0) is 18.6 Å². The second kappa shape index (κ2) is 4.99. The maximum atomic E-state index is 10.3. The number of nitrogens with zero attached hydrogens (tertiary/aromatic N) is 1. The van der Waals surface area contributed by atoms with Crippen molar-refractivity contribution < 1.29 is 4.92 Å². The number of rotatable bonds is 4. The predicted octanol–water partition coefficient (Wildman–Crippen LogP) is 3.30. The van der Waals surface area contributed by atoms with Crippen LogP contribution in [-0.4, -0.2) is 10.8 Å². The Morgan fingerprint density at radius 1 is 1.62 bits per heavy atom. The summed E-state index contributed by atoms with van der Waals surface area (Å²) in [7, 11) is 0. The molecule has 0 unspecified atom stereocenters. The topological polar surface area (TPSA) is 43.1 Å². The first-order valence-electron chi connectivity index (χ1n) is 3.71. The number of allylic oxidation sites excluding steroid dienone is 1. The first-order chi connectivity index (χ1) is 6.24. The lowest BCUT2D eigenvalue weighted by molar-refractivity contribution is -0.380. The van der Waals surface area contributed by atoms with Crippen molar-refractivity contribution in [3.63, 3.8) is 0 Å². The van der Waals surface area contributed by atoms with Crippen molar-refractivity contribution in [1.82, 2.24) is 0 Å². The van der Waals surface area contributed by atoms with Gasteiger partial charge in [-0.1, -0.05) is 17.4 Å². The molecule has 0 saturated carbocycles. The van der Waals surface area contributed by atoms with E-state index in [0.717, 1.165) is 22.6 Å². The highest BCUT2D eigenvalue weighted by atomic mass is 35.5. The molecule has 0 aliphatic carbocycles. The molecule has 1 aromatic rings. The van der Waals surface area contributed by atoms with Crippen LogP contribution in [0.2, 0.25) is 0 Å². The van der Waals surface area contributed by atoms with Crippen LogP contribution in [-0.2, 0) is 0 Å². The smallest absolute Gasteiger partial charge is 0.258 e. The standard InChI is InChI=1S/C8H8ClNO2S/c9-6-2-1-3-7-4-5-8(13-7)10(11)12/h1,3-5H,2,6H2.